The molecule has 0 spiro atoms. The number of carbonyl (C=O) groups excluding carboxylic acids is 5. The van der Waals surface area contributed by atoms with Crippen molar-refractivity contribution < 1.29 is 48.9 Å². The summed E-state index contributed by atoms with van der Waals surface area (Å²) in [5.74, 6) is -9.61. The molecule has 0 bridgehead atoms. The number of carboxylic acid groups (broad SMARTS) is 2. The van der Waals surface area contributed by atoms with Crippen LogP contribution in [-0.2, 0) is 40.0 Å². The van der Waals surface area contributed by atoms with Crippen LogP contribution in [0.25, 0.3) is 0 Å². The smallest absolute Gasteiger partial charge is 0.331 e. The number of nitrogens with zero attached hydrogens (tertiary/aromatic N) is 2. The number of imidazole rings is 1. The fourth-order valence-electron chi connectivity index (χ4n) is 5.46. The number of aliphatic carboxylic acids is 2. The third-order valence-corrected chi connectivity index (χ3v) is 7.87. The Balaban J connectivity index is 1.74. The van der Waals surface area contributed by atoms with Crippen LogP contribution in [-0.4, -0.2) is 128 Å². The van der Waals surface area contributed by atoms with Crippen LogP contribution in [0.1, 0.15) is 50.6 Å². The van der Waals surface area contributed by atoms with E-state index >= 15 is 0 Å². The highest BCUT2D eigenvalue weighted by atomic mass is 16.4. The summed E-state index contributed by atoms with van der Waals surface area (Å²) in [5, 5.41) is 38.7. The first kappa shape index (κ1) is 36.1. The maximum atomic E-state index is 13.4. The predicted octanol–water partition coefficient (Wildman–Crippen LogP) is -3.42. The number of carboxylic acids is 2. The number of nitrogens with one attached hydrogen (secondary N) is 5. The largest absolute Gasteiger partial charge is 0.480 e. The number of aliphatic hydroxyl groups is 1. The normalized spacial score (nSPS) is 19.7. The Kier molecular flexibility index (Phi) is 13.6. The molecule has 1 aromatic rings. The lowest BCUT2D eigenvalue weighted by atomic mass is 9.94. The van der Waals surface area contributed by atoms with Gasteiger partial charge in [0.1, 0.15) is 18.1 Å². The van der Waals surface area contributed by atoms with E-state index in [-0.39, 0.29) is 37.8 Å². The van der Waals surface area contributed by atoms with Crippen LogP contribution in [0.5, 0.6) is 0 Å². The summed E-state index contributed by atoms with van der Waals surface area (Å²) in [4.78, 5) is 97.0. The number of aromatic amines is 1. The van der Waals surface area contributed by atoms with Gasteiger partial charge in [-0.25, -0.2) is 4.98 Å². The highest BCUT2D eigenvalue weighted by molar-refractivity contribution is 6.31. The minimum Gasteiger partial charge on any atom is -0.480 e. The van der Waals surface area contributed by atoms with Gasteiger partial charge >= 0.3 is 11.9 Å². The molecule has 3 rings (SSSR count). The second-order valence-electron chi connectivity index (χ2n) is 11.1. The molecule has 4 amide bonds. The van der Waals surface area contributed by atoms with Crippen LogP contribution in [0.4, 0.5) is 0 Å². The fourth-order valence-corrected chi connectivity index (χ4v) is 5.46. The van der Waals surface area contributed by atoms with Crippen LogP contribution < -0.4 is 27.0 Å². The molecule has 2 saturated heterocycles. The number of Topliss-reactive ketones (excluding diaryl/α,β-unsaturated/α-hetero) is 1. The Bertz CT molecular complexity index is 1240. The van der Waals surface area contributed by atoms with Gasteiger partial charge in [0, 0.05) is 19.2 Å². The van der Waals surface area contributed by atoms with E-state index in [4.69, 9.17) is 5.73 Å². The van der Waals surface area contributed by atoms with E-state index in [0.717, 1.165) is 6.42 Å². The van der Waals surface area contributed by atoms with Crippen molar-refractivity contribution in [1.29, 1.82) is 0 Å². The number of amides is 4. The quantitative estimate of drug-likeness (QED) is 0.0554. The molecule has 2 fully saturated rings. The number of aliphatic hydroxyl groups excluding tert-OH is 1. The molecular formula is C28H41N8O10. The van der Waals surface area contributed by atoms with Crippen LogP contribution in [0.3, 0.4) is 0 Å². The number of carbonyl (C=O) groups is 7. The Hall–Kier alpha value is -4.42. The molecule has 0 aromatic carbocycles. The number of ketones is 1. The lowest BCUT2D eigenvalue weighted by Gasteiger charge is -2.29. The summed E-state index contributed by atoms with van der Waals surface area (Å²) in [5.41, 5.74) is 5.85. The first-order chi connectivity index (χ1) is 22.0. The summed E-state index contributed by atoms with van der Waals surface area (Å²) in [6, 6.07) is -5.79. The average molecular weight is 650 g/mol. The second kappa shape index (κ2) is 17.3. The van der Waals surface area contributed by atoms with Crippen molar-refractivity contribution in [2.45, 2.75) is 81.6 Å². The van der Waals surface area contributed by atoms with Gasteiger partial charge in [-0.1, -0.05) is 0 Å². The third-order valence-electron chi connectivity index (χ3n) is 7.87. The minimum atomic E-state index is -2.00. The molecule has 1 aromatic heterocycles. The molecule has 1 radical (unpaired) electrons. The van der Waals surface area contributed by atoms with Crippen LogP contribution in [0, 0.1) is 5.92 Å². The van der Waals surface area contributed by atoms with Gasteiger partial charge in [0.2, 0.25) is 23.6 Å². The zero-order valence-electron chi connectivity index (χ0n) is 25.2. The third kappa shape index (κ3) is 9.54. The van der Waals surface area contributed by atoms with Gasteiger partial charge in [-0.3, -0.25) is 33.6 Å². The second-order valence-corrected chi connectivity index (χ2v) is 11.1. The Morgan fingerprint density at radius 1 is 0.957 bits per heavy atom. The summed E-state index contributed by atoms with van der Waals surface area (Å²) in [7, 11) is 0. The number of unbranched alkanes of at least 4 members (excludes halogenated alkanes) is 1. The first-order valence-corrected chi connectivity index (χ1v) is 15.1. The van der Waals surface area contributed by atoms with E-state index in [1.54, 1.807) is 0 Å². The van der Waals surface area contributed by atoms with E-state index in [1.165, 1.54) is 17.4 Å². The van der Waals surface area contributed by atoms with E-state index in [0.29, 0.717) is 44.5 Å². The zero-order valence-corrected chi connectivity index (χ0v) is 25.2. The fraction of sp³-hybridized carbons (Fsp3) is 0.607. The number of hydrogen-bond donors (Lipinski definition) is 9. The van der Waals surface area contributed by atoms with Crippen LogP contribution in [0.15, 0.2) is 12.5 Å². The molecule has 0 saturated carbocycles. The predicted molar refractivity (Wildman–Crippen MR) is 157 cm³/mol. The van der Waals surface area contributed by atoms with E-state index in [2.05, 4.69) is 31.2 Å². The van der Waals surface area contributed by atoms with Gasteiger partial charge in [-0.05, 0) is 58.0 Å². The standard InChI is InChI=1S/C28H41N8O10/c29-8-2-1-5-16(22(38)21(27(43)44)28(45)46)33-24(40)19(13-37)35-23(39)18(11-15-12-30-14-32-15)34-25(41)20-7-4-10-36(20)26(42)17-6-3-9-31-17/h12,14,16-20,31,37H,1-11,13,29H2,(H,30,32)(H,33,40)(H,34,41)(H,35,39)(H,43,44)(H,45,46)/t16-,17-,18-,19-,20-/m0/s1. The van der Waals surface area contributed by atoms with Gasteiger partial charge in [0.25, 0.3) is 5.92 Å². The molecule has 46 heavy (non-hydrogen) atoms. The molecule has 5 atom stereocenters. The van der Waals surface area contributed by atoms with Gasteiger partial charge in [0.15, 0.2) is 5.78 Å². The molecular weight excluding hydrogens is 608 g/mol. The molecule has 18 nitrogen and oxygen atoms in total. The molecule has 0 aliphatic carbocycles. The molecule has 0 unspecified atom stereocenters. The summed E-state index contributed by atoms with van der Waals surface area (Å²) >= 11 is 0. The number of rotatable bonds is 18. The van der Waals surface area contributed by atoms with Gasteiger partial charge in [-0.2, -0.15) is 0 Å². The molecule has 2 aliphatic heterocycles. The molecule has 3 heterocycles. The minimum absolute atomic E-state index is 0.124. The van der Waals surface area contributed by atoms with Crippen LogP contribution in [0.2, 0.25) is 0 Å². The van der Waals surface area contributed by atoms with Crippen molar-refractivity contribution in [1.82, 2.24) is 36.1 Å². The summed E-state index contributed by atoms with van der Waals surface area (Å²) in [6.07, 6.45) is 5.65. The van der Waals surface area contributed by atoms with Gasteiger partial charge in [-0.15, -0.1) is 0 Å². The van der Waals surface area contributed by atoms with E-state index < -0.39 is 72.1 Å². The highest BCUT2D eigenvalue weighted by Crippen LogP contribution is 2.21. The SMILES string of the molecule is NCCCC[C@H](NC(=O)[C@H](CO)NC(=O)[C@H](Cc1c[nH]cn1)NC(=O)[C@@H]1CCCN1C(=O)[C@@H]1CCCN1)C(=O)[C](C(=O)O)C(=O)O. The maximum absolute atomic E-state index is 13.4. The van der Waals surface area contributed by atoms with Crippen molar-refractivity contribution in [2.24, 2.45) is 5.73 Å². The Morgan fingerprint density at radius 2 is 1.65 bits per heavy atom. The lowest BCUT2D eigenvalue weighted by molar-refractivity contribution is -0.147. The van der Waals surface area contributed by atoms with Crippen molar-refractivity contribution in [3.8, 4) is 0 Å². The van der Waals surface area contributed by atoms with Gasteiger partial charge < -0.3 is 52.2 Å². The van der Waals surface area contributed by atoms with Crippen molar-refractivity contribution in [3.63, 3.8) is 0 Å². The monoisotopic (exact) mass is 649 g/mol. The highest BCUT2D eigenvalue weighted by Gasteiger charge is 2.42. The maximum Gasteiger partial charge on any atom is 0.331 e. The van der Waals surface area contributed by atoms with Gasteiger partial charge in [0.05, 0.1) is 30.7 Å². The number of likely N-dealkylation sites (tertiary alicyclic amines) is 1. The number of nitrogens with two attached hydrogens (primary N) is 1. The van der Waals surface area contributed by atoms with Crippen molar-refractivity contribution >= 4 is 41.4 Å². The van der Waals surface area contributed by atoms with E-state index in [1.807, 2.05) is 0 Å². The number of H-pyrrole nitrogens is 1. The lowest BCUT2D eigenvalue weighted by Crippen LogP contribution is -2.59. The topological polar surface area (TPSA) is 286 Å². The van der Waals surface area contributed by atoms with Crippen LogP contribution >= 0.6 is 0 Å². The summed E-state index contributed by atoms with van der Waals surface area (Å²) in [6.45, 7) is 0.337. The Labute approximate surface area is 264 Å². The molecule has 18 heteroatoms. The molecule has 10 N–H and O–H groups in total. The molecule has 2 aliphatic rings. The van der Waals surface area contributed by atoms with Crippen molar-refractivity contribution in [3.05, 3.63) is 24.1 Å². The number of hydrogen-bond acceptors (Lipinski definition) is 11. The van der Waals surface area contributed by atoms with Crippen molar-refractivity contribution in [2.75, 3.05) is 26.2 Å². The zero-order chi connectivity index (χ0) is 33.8. The average Bonchev–Trinajstić information content (AvgIpc) is 3.81. The first-order valence-electron chi connectivity index (χ1n) is 15.1. The summed E-state index contributed by atoms with van der Waals surface area (Å²) < 4.78 is 0. The number of aromatic nitrogens is 2. The molecule has 253 valence electrons. The Morgan fingerprint density at radius 3 is 2.24 bits per heavy atom. The van der Waals surface area contributed by atoms with E-state index in [9.17, 15) is 48.9 Å².